The summed E-state index contributed by atoms with van der Waals surface area (Å²) in [6.07, 6.45) is -1.25. The van der Waals surface area contributed by atoms with Crippen LogP contribution in [0.1, 0.15) is 18.6 Å². The zero-order valence-corrected chi connectivity index (χ0v) is 10.9. The summed E-state index contributed by atoms with van der Waals surface area (Å²) in [6, 6.07) is 6.21. The lowest BCUT2D eigenvalue weighted by molar-refractivity contribution is 0.138. The second-order valence-electron chi connectivity index (χ2n) is 3.67. The molecule has 0 aromatic heterocycles. The summed E-state index contributed by atoms with van der Waals surface area (Å²) in [5.74, 6) is -0.122. The molecular formula is C11H15ClO4S. The highest BCUT2D eigenvalue weighted by molar-refractivity contribution is 7.92. The predicted molar refractivity (Wildman–Crippen MR) is 66.7 cm³/mol. The molecular weight excluding hydrogens is 264 g/mol. The molecule has 0 spiro atoms. The largest absolute Gasteiger partial charge is 0.395 e. The number of aliphatic hydroxyl groups is 2. The molecule has 2 N–H and O–H groups in total. The fraction of sp³-hybridized carbons (Fsp3) is 0.455. The lowest BCUT2D eigenvalue weighted by Crippen LogP contribution is -2.33. The van der Waals surface area contributed by atoms with E-state index in [-0.39, 0.29) is 5.75 Å². The molecule has 1 rings (SSSR count). The number of rotatable bonds is 5. The van der Waals surface area contributed by atoms with Crippen LogP contribution in [-0.2, 0) is 9.84 Å². The Bertz CT molecular complexity index is 455. The molecule has 0 unspecified atom stereocenters. The molecule has 0 amide bonds. The first kappa shape index (κ1) is 14.4. The third-order valence-corrected chi connectivity index (χ3v) is 4.99. The van der Waals surface area contributed by atoms with Crippen molar-refractivity contribution in [3.05, 3.63) is 34.9 Å². The Morgan fingerprint density at radius 2 is 1.82 bits per heavy atom. The molecule has 0 aliphatic carbocycles. The first-order valence-corrected chi connectivity index (χ1v) is 7.27. The standard InChI is InChI=1S/C11H15ClO4S/c1-2-17(15,16)10(7-13)11(14)8-3-5-9(12)6-4-8/h3-6,10-11,13-14H,2,7H2,1H3/t10-,11-/m1/s1. The van der Waals surface area contributed by atoms with Crippen molar-refractivity contribution in [3.63, 3.8) is 0 Å². The van der Waals surface area contributed by atoms with Crippen LogP contribution in [0.4, 0.5) is 0 Å². The molecule has 0 heterocycles. The summed E-state index contributed by atoms with van der Waals surface area (Å²) >= 11 is 5.70. The Morgan fingerprint density at radius 1 is 1.29 bits per heavy atom. The van der Waals surface area contributed by atoms with Crippen molar-refractivity contribution in [2.75, 3.05) is 12.4 Å². The number of hydrogen-bond acceptors (Lipinski definition) is 4. The maximum Gasteiger partial charge on any atom is 0.158 e. The van der Waals surface area contributed by atoms with Gasteiger partial charge in [0, 0.05) is 10.8 Å². The Hall–Kier alpha value is -0.620. The Labute approximate surface area is 106 Å². The second kappa shape index (κ2) is 5.82. The summed E-state index contributed by atoms with van der Waals surface area (Å²) in [4.78, 5) is 0. The molecule has 0 aliphatic heterocycles. The van der Waals surface area contributed by atoms with Gasteiger partial charge in [0.25, 0.3) is 0 Å². The molecule has 1 aromatic carbocycles. The van der Waals surface area contributed by atoms with Gasteiger partial charge in [-0.1, -0.05) is 30.7 Å². The summed E-state index contributed by atoms with van der Waals surface area (Å²) in [6.45, 7) is 0.868. The topological polar surface area (TPSA) is 74.6 Å². The maximum absolute atomic E-state index is 11.7. The first-order chi connectivity index (χ1) is 7.92. The van der Waals surface area contributed by atoms with Crippen molar-refractivity contribution in [1.29, 1.82) is 0 Å². The van der Waals surface area contributed by atoms with Crippen molar-refractivity contribution in [2.24, 2.45) is 0 Å². The van der Waals surface area contributed by atoms with Gasteiger partial charge in [-0.25, -0.2) is 8.42 Å². The van der Waals surface area contributed by atoms with Crippen molar-refractivity contribution < 1.29 is 18.6 Å². The molecule has 1 aromatic rings. The molecule has 17 heavy (non-hydrogen) atoms. The molecule has 96 valence electrons. The van der Waals surface area contributed by atoms with E-state index in [0.717, 1.165) is 0 Å². The highest BCUT2D eigenvalue weighted by atomic mass is 35.5. The summed E-state index contributed by atoms with van der Waals surface area (Å²) in [7, 11) is -3.50. The number of aliphatic hydroxyl groups excluding tert-OH is 2. The van der Waals surface area contributed by atoms with Crippen LogP contribution in [0, 0.1) is 0 Å². The smallest absolute Gasteiger partial charge is 0.158 e. The van der Waals surface area contributed by atoms with Gasteiger partial charge in [0.05, 0.1) is 12.7 Å². The van der Waals surface area contributed by atoms with Crippen LogP contribution in [0.3, 0.4) is 0 Å². The van der Waals surface area contributed by atoms with Gasteiger partial charge in [0.2, 0.25) is 0 Å². The molecule has 0 radical (unpaired) electrons. The van der Waals surface area contributed by atoms with Gasteiger partial charge in [0.15, 0.2) is 9.84 Å². The van der Waals surface area contributed by atoms with Crippen molar-refractivity contribution >= 4 is 21.4 Å². The van der Waals surface area contributed by atoms with Gasteiger partial charge in [0.1, 0.15) is 5.25 Å². The minimum absolute atomic E-state index is 0.122. The van der Waals surface area contributed by atoms with E-state index >= 15 is 0 Å². The Morgan fingerprint density at radius 3 is 2.24 bits per heavy atom. The van der Waals surface area contributed by atoms with E-state index in [1.165, 1.54) is 6.92 Å². The molecule has 0 saturated carbocycles. The first-order valence-electron chi connectivity index (χ1n) is 5.18. The van der Waals surface area contributed by atoms with Gasteiger partial charge < -0.3 is 10.2 Å². The molecule has 6 heteroatoms. The lowest BCUT2D eigenvalue weighted by Gasteiger charge is -2.20. The summed E-state index contributed by atoms with van der Waals surface area (Å²) < 4.78 is 23.3. The summed E-state index contributed by atoms with van der Waals surface area (Å²) in [5.41, 5.74) is 0.422. The molecule has 0 aliphatic rings. The minimum atomic E-state index is -3.50. The predicted octanol–water partition coefficient (Wildman–Crippen LogP) is 1.17. The fourth-order valence-electron chi connectivity index (χ4n) is 1.50. The molecule has 0 fully saturated rings. The van der Waals surface area contributed by atoms with Crippen LogP contribution in [0.15, 0.2) is 24.3 Å². The van der Waals surface area contributed by atoms with Crippen LogP contribution < -0.4 is 0 Å². The SMILES string of the molecule is CCS(=O)(=O)[C@H](CO)[C@H](O)c1ccc(Cl)cc1. The Balaban J connectivity index is 3.02. The lowest BCUT2D eigenvalue weighted by atomic mass is 10.1. The average Bonchev–Trinajstić information content (AvgIpc) is 2.30. The summed E-state index contributed by atoms with van der Waals surface area (Å²) in [5, 5.41) is 18.4. The Kier molecular flexibility index (Phi) is 4.94. The van der Waals surface area contributed by atoms with Crippen LogP contribution in [-0.4, -0.2) is 36.2 Å². The third-order valence-electron chi connectivity index (χ3n) is 2.61. The van der Waals surface area contributed by atoms with E-state index in [1.54, 1.807) is 24.3 Å². The minimum Gasteiger partial charge on any atom is -0.395 e. The normalized spacial score (nSPS) is 15.5. The number of sulfone groups is 1. The molecule has 2 atom stereocenters. The monoisotopic (exact) mass is 278 g/mol. The van der Waals surface area contributed by atoms with Crippen LogP contribution >= 0.6 is 11.6 Å². The number of hydrogen-bond donors (Lipinski definition) is 2. The molecule has 4 nitrogen and oxygen atoms in total. The van der Waals surface area contributed by atoms with E-state index in [1.807, 2.05) is 0 Å². The van der Waals surface area contributed by atoms with Crippen molar-refractivity contribution in [3.8, 4) is 0 Å². The van der Waals surface area contributed by atoms with E-state index in [9.17, 15) is 13.5 Å². The highest BCUT2D eigenvalue weighted by Gasteiger charge is 2.31. The third kappa shape index (κ3) is 3.42. The zero-order chi connectivity index (χ0) is 13.1. The highest BCUT2D eigenvalue weighted by Crippen LogP contribution is 2.23. The number of halogens is 1. The van der Waals surface area contributed by atoms with E-state index < -0.39 is 27.8 Å². The number of benzene rings is 1. The zero-order valence-electron chi connectivity index (χ0n) is 9.38. The second-order valence-corrected chi connectivity index (χ2v) is 6.61. The fourth-order valence-corrected chi connectivity index (χ4v) is 2.83. The van der Waals surface area contributed by atoms with Crippen LogP contribution in [0.5, 0.6) is 0 Å². The van der Waals surface area contributed by atoms with Gasteiger partial charge in [-0.2, -0.15) is 0 Å². The molecule has 0 saturated heterocycles. The van der Waals surface area contributed by atoms with E-state index in [0.29, 0.717) is 10.6 Å². The average molecular weight is 279 g/mol. The van der Waals surface area contributed by atoms with Gasteiger partial charge in [-0.05, 0) is 17.7 Å². The van der Waals surface area contributed by atoms with Crippen molar-refractivity contribution in [2.45, 2.75) is 18.3 Å². The molecule has 0 bridgehead atoms. The van der Waals surface area contributed by atoms with Crippen molar-refractivity contribution in [1.82, 2.24) is 0 Å². The van der Waals surface area contributed by atoms with Gasteiger partial charge in [-0.15, -0.1) is 0 Å². The van der Waals surface area contributed by atoms with Gasteiger partial charge in [-0.3, -0.25) is 0 Å². The van der Waals surface area contributed by atoms with E-state index in [2.05, 4.69) is 0 Å². The van der Waals surface area contributed by atoms with Crippen LogP contribution in [0.25, 0.3) is 0 Å². The van der Waals surface area contributed by atoms with E-state index in [4.69, 9.17) is 16.7 Å². The van der Waals surface area contributed by atoms with Crippen LogP contribution in [0.2, 0.25) is 5.02 Å². The van der Waals surface area contributed by atoms with Gasteiger partial charge >= 0.3 is 0 Å². The maximum atomic E-state index is 11.7. The quantitative estimate of drug-likeness (QED) is 0.848.